The predicted octanol–water partition coefficient (Wildman–Crippen LogP) is 7.13. The van der Waals surface area contributed by atoms with Crippen LogP contribution in [-0.4, -0.2) is 11.1 Å². The summed E-state index contributed by atoms with van der Waals surface area (Å²) in [5.41, 5.74) is 3.23. The Balaban J connectivity index is 0.000000534. The van der Waals surface area contributed by atoms with Gasteiger partial charge in [-0.05, 0) is 63.6 Å². The smallest absolute Gasteiger partial charge is 0.481 e. The highest BCUT2D eigenvalue weighted by atomic mass is 31.2. The lowest BCUT2D eigenvalue weighted by atomic mass is 10.2. The van der Waals surface area contributed by atoms with E-state index in [4.69, 9.17) is 18.7 Å². The van der Waals surface area contributed by atoms with Gasteiger partial charge in [0.1, 0.15) is 17.2 Å². The number of carboxylic acid groups (broad SMARTS) is 1. The van der Waals surface area contributed by atoms with Crippen molar-refractivity contribution in [3.63, 3.8) is 0 Å². The molecule has 3 aromatic carbocycles. The Hall–Kier alpha value is -3.24. The number of carbonyl (C=O) groups is 1. The number of phosphoric acid groups is 1. The van der Waals surface area contributed by atoms with Crippen LogP contribution >= 0.6 is 7.82 Å². The van der Waals surface area contributed by atoms with E-state index in [1.54, 1.807) is 36.4 Å². The zero-order valence-electron chi connectivity index (χ0n) is 18.8. The monoisotopic (exact) mass is 456 g/mol. The first-order valence-electron chi connectivity index (χ1n) is 10.3. The van der Waals surface area contributed by atoms with Gasteiger partial charge in [0.2, 0.25) is 0 Å². The summed E-state index contributed by atoms with van der Waals surface area (Å²) < 4.78 is 30.2. The van der Waals surface area contributed by atoms with Crippen LogP contribution < -0.4 is 13.6 Å². The van der Waals surface area contributed by atoms with Gasteiger partial charge in [0, 0.05) is 6.42 Å². The van der Waals surface area contributed by atoms with Crippen LogP contribution in [0.5, 0.6) is 17.2 Å². The second-order valence-electron chi connectivity index (χ2n) is 7.30. The van der Waals surface area contributed by atoms with E-state index < -0.39 is 13.8 Å². The third kappa shape index (κ3) is 8.86. The molecule has 0 aromatic heterocycles. The summed E-state index contributed by atoms with van der Waals surface area (Å²) in [4.78, 5) is 9.60. The molecule has 0 aliphatic heterocycles. The van der Waals surface area contributed by atoms with Crippen LogP contribution in [0.3, 0.4) is 0 Å². The number of carboxylic acids is 1. The molecule has 7 heteroatoms. The molecule has 0 radical (unpaired) electrons. The Bertz CT molecular complexity index is 905. The van der Waals surface area contributed by atoms with Gasteiger partial charge in [-0.3, -0.25) is 4.79 Å². The number of aryl methyl sites for hydroxylation is 3. The molecular weight excluding hydrogens is 427 g/mol. The Morgan fingerprint density at radius 3 is 1.16 bits per heavy atom. The van der Waals surface area contributed by atoms with E-state index in [-0.39, 0.29) is 0 Å². The third-order valence-corrected chi connectivity index (χ3v) is 5.48. The molecule has 0 fully saturated rings. The molecule has 0 atom stereocenters. The van der Waals surface area contributed by atoms with E-state index in [1.165, 1.54) is 0 Å². The molecule has 0 unspecified atom stereocenters. The van der Waals surface area contributed by atoms with Crippen molar-refractivity contribution >= 4 is 13.8 Å². The number of hydrogen-bond acceptors (Lipinski definition) is 5. The van der Waals surface area contributed by atoms with Gasteiger partial charge in [-0.15, -0.1) is 0 Å². The van der Waals surface area contributed by atoms with Crippen LogP contribution in [0, 0.1) is 20.8 Å². The normalized spacial score (nSPS) is 10.5. The number of phosphoric ester groups is 1. The van der Waals surface area contributed by atoms with Crippen LogP contribution in [-0.2, 0) is 9.36 Å². The summed E-state index contributed by atoms with van der Waals surface area (Å²) in [5, 5.41) is 7.91. The minimum absolute atomic E-state index is 0.292. The highest BCUT2D eigenvalue weighted by Crippen LogP contribution is 2.49. The fourth-order valence-corrected chi connectivity index (χ4v) is 3.71. The Labute approximate surface area is 189 Å². The molecular formula is C25H29O6P. The van der Waals surface area contributed by atoms with Crippen LogP contribution in [0.1, 0.15) is 36.5 Å². The first-order chi connectivity index (χ1) is 15.2. The van der Waals surface area contributed by atoms with Gasteiger partial charge < -0.3 is 18.7 Å². The Morgan fingerprint density at radius 1 is 0.688 bits per heavy atom. The largest absolute Gasteiger partial charge is 0.647 e. The van der Waals surface area contributed by atoms with Crippen molar-refractivity contribution < 1.29 is 28.0 Å². The standard InChI is InChI=1S/C21H21O4P.C4H8O2/c1-16-4-10-19(11-5-16)23-26(22,24-20-12-6-17(2)7-13-20)25-21-14-8-18(3)9-15-21;1-2-3-4(5)6/h4-15H,1-3H3;2-3H2,1H3,(H,5,6). The first kappa shape index (κ1) is 25.0. The molecule has 0 heterocycles. The van der Waals surface area contributed by atoms with Gasteiger partial charge in [-0.2, -0.15) is 4.57 Å². The van der Waals surface area contributed by atoms with Crippen LogP contribution in [0.25, 0.3) is 0 Å². The predicted molar refractivity (Wildman–Crippen MR) is 126 cm³/mol. The van der Waals surface area contributed by atoms with Crippen molar-refractivity contribution in [2.24, 2.45) is 0 Å². The summed E-state index contributed by atoms with van der Waals surface area (Å²) >= 11 is 0. The van der Waals surface area contributed by atoms with Gasteiger partial charge in [-0.25, -0.2) is 0 Å². The summed E-state index contributed by atoms with van der Waals surface area (Å²) in [6, 6.07) is 21.6. The quantitative estimate of drug-likeness (QED) is 0.363. The fourth-order valence-electron chi connectivity index (χ4n) is 2.45. The molecule has 6 nitrogen and oxygen atoms in total. The number of hydrogen-bond donors (Lipinski definition) is 1. The fraction of sp³-hybridized carbons (Fsp3) is 0.240. The van der Waals surface area contributed by atoms with Gasteiger partial charge >= 0.3 is 13.8 Å². The zero-order valence-corrected chi connectivity index (χ0v) is 19.7. The maximum Gasteiger partial charge on any atom is 0.647 e. The lowest BCUT2D eigenvalue weighted by molar-refractivity contribution is -0.137. The van der Waals surface area contributed by atoms with Crippen molar-refractivity contribution in [2.75, 3.05) is 0 Å². The molecule has 0 spiro atoms. The molecule has 0 bridgehead atoms. The lowest BCUT2D eigenvalue weighted by Crippen LogP contribution is -2.07. The molecule has 32 heavy (non-hydrogen) atoms. The van der Waals surface area contributed by atoms with Crippen molar-refractivity contribution in [3.05, 3.63) is 89.5 Å². The second-order valence-corrected chi connectivity index (χ2v) is 8.75. The SMILES string of the molecule is CCCC(=O)O.Cc1ccc(OP(=O)(Oc2ccc(C)cc2)Oc2ccc(C)cc2)cc1. The maximum absolute atomic E-state index is 13.3. The van der Waals surface area contributed by atoms with Gasteiger partial charge in [-0.1, -0.05) is 60.0 Å². The van der Waals surface area contributed by atoms with Crippen LogP contribution in [0.15, 0.2) is 72.8 Å². The minimum Gasteiger partial charge on any atom is -0.481 e. The number of benzene rings is 3. The molecule has 3 aromatic rings. The topological polar surface area (TPSA) is 82.1 Å². The number of aliphatic carboxylic acids is 1. The van der Waals surface area contributed by atoms with E-state index in [2.05, 4.69) is 0 Å². The van der Waals surface area contributed by atoms with Gasteiger partial charge in [0.15, 0.2) is 0 Å². The molecule has 0 aliphatic carbocycles. The van der Waals surface area contributed by atoms with E-state index in [1.807, 2.05) is 64.1 Å². The van der Waals surface area contributed by atoms with E-state index in [9.17, 15) is 9.36 Å². The molecule has 3 rings (SSSR count). The lowest BCUT2D eigenvalue weighted by Gasteiger charge is -2.19. The van der Waals surface area contributed by atoms with Crippen molar-refractivity contribution in [2.45, 2.75) is 40.5 Å². The molecule has 0 saturated heterocycles. The molecule has 170 valence electrons. The van der Waals surface area contributed by atoms with E-state index in [0.717, 1.165) is 23.1 Å². The first-order valence-corrected chi connectivity index (χ1v) is 11.8. The van der Waals surface area contributed by atoms with Crippen LogP contribution in [0.2, 0.25) is 0 Å². The second kappa shape index (κ2) is 12.0. The third-order valence-electron chi connectivity index (χ3n) is 4.18. The molecule has 1 N–H and O–H groups in total. The summed E-state index contributed by atoms with van der Waals surface area (Å²) in [5.74, 6) is 0.534. The maximum atomic E-state index is 13.3. The van der Waals surface area contributed by atoms with Crippen molar-refractivity contribution in [3.8, 4) is 17.2 Å². The molecule has 0 saturated carbocycles. The number of rotatable bonds is 8. The average molecular weight is 456 g/mol. The average Bonchev–Trinajstić information content (AvgIpc) is 2.74. The Kier molecular flexibility index (Phi) is 9.36. The zero-order chi connectivity index (χ0) is 23.6. The van der Waals surface area contributed by atoms with Crippen LogP contribution in [0.4, 0.5) is 0 Å². The minimum atomic E-state index is -3.93. The Morgan fingerprint density at radius 2 is 0.969 bits per heavy atom. The van der Waals surface area contributed by atoms with Crippen molar-refractivity contribution in [1.82, 2.24) is 0 Å². The highest BCUT2D eigenvalue weighted by Gasteiger charge is 2.33. The molecule has 0 amide bonds. The highest BCUT2D eigenvalue weighted by molar-refractivity contribution is 7.49. The van der Waals surface area contributed by atoms with Crippen molar-refractivity contribution in [1.29, 1.82) is 0 Å². The summed E-state index contributed by atoms with van der Waals surface area (Å²) in [6.07, 6.45) is 1.02. The summed E-state index contributed by atoms with van der Waals surface area (Å²) in [6.45, 7) is 7.74. The van der Waals surface area contributed by atoms with Gasteiger partial charge in [0.25, 0.3) is 0 Å². The summed E-state index contributed by atoms with van der Waals surface area (Å²) in [7, 11) is -3.93. The van der Waals surface area contributed by atoms with Gasteiger partial charge in [0.05, 0.1) is 0 Å². The molecule has 0 aliphatic rings. The van der Waals surface area contributed by atoms with E-state index in [0.29, 0.717) is 23.7 Å². The van der Waals surface area contributed by atoms with E-state index >= 15 is 0 Å².